The van der Waals surface area contributed by atoms with Crippen LogP contribution in [0, 0.1) is 0 Å². The van der Waals surface area contributed by atoms with Crippen molar-refractivity contribution < 1.29 is 58.6 Å². The topological polar surface area (TPSA) is 386 Å². The molecule has 4 saturated carbocycles. The molecule has 8 fully saturated rings. The molecule has 6 aromatic heterocycles. The Kier molecular flexibility index (Phi) is 39.8. The zero-order valence-corrected chi connectivity index (χ0v) is 75.1. The fourth-order valence-corrected chi connectivity index (χ4v) is 14.7. The highest BCUT2D eigenvalue weighted by Gasteiger charge is 2.64. The number of rotatable bonds is 17. The number of morpholine rings is 2. The van der Waals surface area contributed by atoms with E-state index in [0.717, 1.165) is 220 Å². The van der Waals surface area contributed by atoms with E-state index in [-0.39, 0.29) is 74.2 Å². The SMILES string of the molecule is Brc1cc(CN2CCOCC2)ccn1.CC1(C)OB(B2OC(C)(C)C(C)(C)O2)OC1(C)C.CCCCNc1ncc(-c2cc(CN3CCOCC3)ccn2)c(NC2CCC(O)CC2)n1.Clc1ncc(Br)c(Cl)n1.NC1CCC(O)CC1.OB(O)c1cnc(Cl)nc1NC1CCC(O)CC1.OC1CCC(Nc2nc(Cl)ncc2Br)CC1. The Morgan fingerprint density at radius 1 is 0.504 bits per heavy atom. The number of aliphatic hydroxyl groups is 4. The largest absolute Gasteiger partial charge is 0.493 e. The first kappa shape index (κ1) is 96.5. The second-order valence-electron chi connectivity index (χ2n) is 31.7. The molecule has 115 heavy (non-hydrogen) atoms. The van der Waals surface area contributed by atoms with Crippen molar-refractivity contribution in [3.8, 4) is 11.3 Å². The minimum absolute atomic E-state index is 0.0535. The highest BCUT2D eigenvalue weighted by atomic mass is 79.9. The zero-order valence-electron chi connectivity index (χ0n) is 67.4. The molecule has 0 unspecified atom stereocenters. The molecule has 4 aliphatic carbocycles. The first-order valence-corrected chi connectivity index (χ1v) is 43.7. The van der Waals surface area contributed by atoms with Crippen molar-refractivity contribution in [2.45, 2.75) is 262 Å². The number of hydrogen-bond donors (Lipinski definition) is 11. The number of nitrogens with one attached hydrogen (secondary N) is 4. The number of pyridine rings is 2. The Morgan fingerprint density at radius 2 is 0.913 bits per heavy atom. The summed E-state index contributed by atoms with van der Waals surface area (Å²) in [5.74, 6) is 2.52. The molecule has 4 aliphatic heterocycles. The summed E-state index contributed by atoms with van der Waals surface area (Å²) in [4.78, 5) is 45.9. The van der Waals surface area contributed by atoms with E-state index >= 15 is 0 Å². The summed E-state index contributed by atoms with van der Waals surface area (Å²) in [6.07, 6.45) is 25.6. The van der Waals surface area contributed by atoms with Crippen molar-refractivity contribution >= 4 is 144 Å². The van der Waals surface area contributed by atoms with E-state index in [0.29, 0.717) is 39.5 Å². The van der Waals surface area contributed by atoms with Crippen molar-refractivity contribution in [3.63, 3.8) is 0 Å². The van der Waals surface area contributed by atoms with Gasteiger partial charge >= 0.3 is 21.1 Å². The number of anilines is 4. The number of ether oxygens (including phenoxy) is 2. The Labute approximate surface area is 723 Å². The Bertz CT molecular complexity index is 3820. The van der Waals surface area contributed by atoms with E-state index in [4.69, 9.17) is 90.3 Å². The summed E-state index contributed by atoms with van der Waals surface area (Å²) in [5, 5.41) is 70.3. The lowest BCUT2D eigenvalue weighted by Gasteiger charge is -2.32. The second-order valence-corrected chi connectivity index (χ2v) is 35.6. The van der Waals surface area contributed by atoms with E-state index in [1.54, 1.807) is 6.20 Å². The normalized spacial score (nSPS) is 24.1. The third kappa shape index (κ3) is 32.4. The van der Waals surface area contributed by atoms with Crippen LogP contribution in [0.25, 0.3) is 11.3 Å². The van der Waals surface area contributed by atoms with Crippen LogP contribution in [-0.2, 0) is 41.2 Å². The van der Waals surface area contributed by atoms with Gasteiger partial charge in [0.2, 0.25) is 21.8 Å². The minimum Gasteiger partial charge on any atom is -0.423 e. The molecule has 0 bridgehead atoms. The summed E-state index contributed by atoms with van der Waals surface area (Å²) >= 11 is 32.2. The number of unbranched alkanes of at least 4 members (excludes halogenated alkanes) is 1. The maximum atomic E-state index is 9.87. The molecular weight excluding hydrogens is 1760 g/mol. The van der Waals surface area contributed by atoms with E-state index in [1.165, 1.54) is 23.5 Å². The van der Waals surface area contributed by atoms with Crippen LogP contribution in [0.3, 0.4) is 0 Å². The van der Waals surface area contributed by atoms with Crippen molar-refractivity contribution in [2.75, 3.05) is 80.4 Å². The van der Waals surface area contributed by atoms with Crippen LogP contribution in [0.1, 0.15) is 189 Å². The molecule has 0 amide bonds. The summed E-state index contributed by atoms with van der Waals surface area (Å²) in [5.41, 5.74) is 8.68. The van der Waals surface area contributed by atoms with Crippen molar-refractivity contribution in [2.24, 2.45) is 5.73 Å². The molecule has 8 aliphatic rings. The lowest BCUT2D eigenvalue weighted by Crippen LogP contribution is -2.41. The molecule has 39 heteroatoms. The van der Waals surface area contributed by atoms with Crippen LogP contribution < -0.4 is 32.5 Å². The number of nitrogens with two attached hydrogens (primary N) is 1. The van der Waals surface area contributed by atoms with Crippen LogP contribution >= 0.6 is 94.2 Å². The number of aliphatic hydroxyl groups excluding tert-OH is 4. The summed E-state index contributed by atoms with van der Waals surface area (Å²) in [6, 6.07) is 9.51. The van der Waals surface area contributed by atoms with Gasteiger partial charge in [0, 0.05) is 113 Å². The fraction of sp³-hybridized carbons (Fsp3) is 0.658. The van der Waals surface area contributed by atoms with Gasteiger partial charge in [-0.2, -0.15) is 9.97 Å². The van der Waals surface area contributed by atoms with E-state index < -0.39 is 21.1 Å². The highest BCUT2D eigenvalue weighted by molar-refractivity contribution is 9.11. The number of halogens is 7. The second kappa shape index (κ2) is 47.4. The number of hydrogen-bond acceptors (Lipinski definition) is 29. The van der Waals surface area contributed by atoms with Crippen molar-refractivity contribution in [1.82, 2.24) is 59.6 Å². The molecule has 0 spiro atoms. The molecular formula is C76H115B3Br3Cl4N17O12. The van der Waals surface area contributed by atoms with Gasteiger partial charge in [0.05, 0.1) is 93.5 Å². The number of nitrogens with zero attached hydrogens (tertiary/aromatic N) is 12. The smallest absolute Gasteiger partial charge is 0.423 e. The Morgan fingerprint density at radius 3 is 1.35 bits per heavy atom. The molecule has 14 rings (SSSR count). The van der Waals surface area contributed by atoms with Crippen LogP contribution in [-0.4, -0.2) is 241 Å². The zero-order chi connectivity index (χ0) is 83.5. The first-order chi connectivity index (χ1) is 54.6. The van der Waals surface area contributed by atoms with Gasteiger partial charge in [-0.15, -0.1) is 0 Å². The Balaban J connectivity index is 0.000000175. The average molecular weight is 1870 g/mol. The van der Waals surface area contributed by atoms with Crippen molar-refractivity contribution in [1.29, 1.82) is 0 Å². The van der Waals surface area contributed by atoms with E-state index in [9.17, 15) is 25.4 Å². The standard InChI is InChI=1S/C24H36N6O2.C12H24B2O4.C10H15BClN3O3.C10H13BrClN3O.C10H13BrN2O.C6H13NO.C4HBrCl2N2/c1-2-3-9-26-24-27-16-21(23(29-24)28-19-4-6-20(31)7-5-19)22-15-18(8-10-25-22)17-30-11-13-32-14-12-30;1-9(2)10(3,4)16-13(15-9)14-17-11(5,6)12(7,8)18-14;12-10-13-5-8(11(17)18)9(15-10)14-6-1-3-7(16)4-2-6;11-8-5-13-10(12)15-9(8)14-6-1-3-7(16)4-2-6;11-10-7-9(1-2-12-10)8-13-3-5-14-6-4-13;7-5-1-3-6(8)4-2-5;5-2-1-8-4(7)9-3(2)6/h8,10,15-16,19-20,31H,2-7,9,11-14,17H2,1H3,(H2,26,27,28,29);1-8H3;5-7,16-18H,1-4H2,(H,13,14,15);5-7,16H,1-4H2,(H,13,14,15);1-2,7H,3-6,8H2;5-6,8H,1-4,7H2;1H. The fourth-order valence-electron chi connectivity index (χ4n) is 13.2. The van der Waals surface area contributed by atoms with Gasteiger partial charge < -0.3 is 85.6 Å². The maximum Gasteiger partial charge on any atom is 0.493 e. The van der Waals surface area contributed by atoms with Gasteiger partial charge in [-0.25, -0.2) is 34.9 Å². The van der Waals surface area contributed by atoms with Crippen LogP contribution in [0.4, 0.5) is 23.4 Å². The summed E-state index contributed by atoms with van der Waals surface area (Å²) < 4.78 is 37.0. The quantitative estimate of drug-likeness (QED) is 0.0133. The van der Waals surface area contributed by atoms with E-state index in [1.807, 2.05) is 74.0 Å². The van der Waals surface area contributed by atoms with E-state index in [2.05, 4.69) is 155 Å². The molecule has 0 atom stereocenters. The summed E-state index contributed by atoms with van der Waals surface area (Å²) in [7, 11) is -2.59. The third-order valence-electron chi connectivity index (χ3n) is 21.6. The van der Waals surface area contributed by atoms with Crippen molar-refractivity contribution in [3.05, 3.63) is 107 Å². The van der Waals surface area contributed by atoms with Gasteiger partial charge in [0.15, 0.2) is 0 Å². The predicted octanol–water partition coefficient (Wildman–Crippen LogP) is 12.2. The molecule has 29 nitrogen and oxygen atoms in total. The monoisotopic (exact) mass is 1870 g/mol. The summed E-state index contributed by atoms with van der Waals surface area (Å²) in [6.45, 7) is 28.4. The third-order valence-corrected chi connectivity index (χ3v) is 24.2. The van der Waals surface area contributed by atoms with Crippen LogP contribution in [0.5, 0.6) is 0 Å². The number of aromatic nitrogens is 10. The Hall–Kier alpha value is -3.99. The predicted molar refractivity (Wildman–Crippen MR) is 464 cm³/mol. The van der Waals surface area contributed by atoms with Gasteiger partial charge in [-0.1, -0.05) is 24.9 Å². The lowest BCUT2D eigenvalue weighted by molar-refractivity contribution is 0.00578. The first-order valence-electron chi connectivity index (χ1n) is 39.8. The van der Waals surface area contributed by atoms with Crippen LogP contribution in [0.15, 0.2) is 75.0 Å². The molecule has 0 radical (unpaired) electrons. The molecule has 6 aromatic rings. The molecule has 4 saturated heterocycles. The van der Waals surface area contributed by atoms with Crippen LogP contribution in [0.2, 0.25) is 21.0 Å². The molecule has 10 heterocycles. The van der Waals surface area contributed by atoms with Gasteiger partial charge in [0.1, 0.15) is 27.2 Å². The molecule has 0 aromatic carbocycles. The highest BCUT2D eigenvalue weighted by Crippen LogP contribution is 2.43. The van der Waals surface area contributed by atoms with Gasteiger partial charge in [-0.05, 0) is 283 Å². The van der Waals surface area contributed by atoms with Gasteiger partial charge in [-0.3, -0.25) is 14.8 Å². The average Bonchev–Trinajstić information content (AvgIpc) is 1.60. The molecule has 634 valence electrons. The maximum absolute atomic E-state index is 9.87. The van der Waals surface area contributed by atoms with Gasteiger partial charge in [0.25, 0.3) is 0 Å². The molecule has 12 N–H and O–H groups in total. The lowest BCUT2D eigenvalue weighted by atomic mass is 9.49. The minimum atomic E-state index is -1.64.